The molecular weight excluding hydrogens is 186 g/mol. The molecule has 0 radical (unpaired) electrons. The smallest absolute Gasteiger partial charge is 0.0538 e. The number of hydrazone groups is 1. The second-order valence-corrected chi connectivity index (χ2v) is 3.85. The van der Waals surface area contributed by atoms with Gasteiger partial charge in [0.15, 0.2) is 0 Å². The first kappa shape index (κ1) is 10.0. The molecule has 1 aliphatic heterocycles. The van der Waals surface area contributed by atoms with Crippen molar-refractivity contribution < 1.29 is 0 Å². The lowest BCUT2D eigenvalue weighted by atomic mass is 9.99. The number of fused-ring (bicyclic) bond motifs is 1. The fourth-order valence-electron chi connectivity index (χ4n) is 2.19. The molecule has 0 amide bonds. The maximum absolute atomic E-state index is 5.15. The summed E-state index contributed by atoms with van der Waals surface area (Å²) in [6.07, 6.45) is 4.10. The van der Waals surface area contributed by atoms with Crippen LogP contribution in [0.1, 0.15) is 24.5 Å². The summed E-state index contributed by atoms with van der Waals surface area (Å²) in [5, 5.41) is 3.56. The number of nitrogens with two attached hydrogens (primary N) is 1. The van der Waals surface area contributed by atoms with Crippen molar-refractivity contribution in [2.24, 2.45) is 10.9 Å². The highest BCUT2D eigenvalue weighted by Gasteiger charge is 2.14. The standard InChI is InChI=1S/C12H17N3/c1-2-15-7-3-4-11-8-10(9-14-13)5-6-12(11)15/h5-6,8-9H,2-4,7,13H2,1H3. The van der Waals surface area contributed by atoms with E-state index in [1.165, 1.54) is 24.2 Å². The van der Waals surface area contributed by atoms with Crippen LogP contribution in [0.25, 0.3) is 0 Å². The summed E-state index contributed by atoms with van der Waals surface area (Å²) in [6, 6.07) is 6.44. The van der Waals surface area contributed by atoms with E-state index in [1.807, 2.05) is 0 Å². The Labute approximate surface area is 90.6 Å². The number of aryl methyl sites for hydroxylation is 1. The van der Waals surface area contributed by atoms with E-state index < -0.39 is 0 Å². The van der Waals surface area contributed by atoms with Crippen LogP contribution in [0.3, 0.4) is 0 Å². The molecule has 1 heterocycles. The topological polar surface area (TPSA) is 41.6 Å². The molecule has 0 aromatic heterocycles. The van der Waals surface area contributed by atoms with E-state index in [0.717, 1.165) is 18.5 Å². The molecule has 3 nitrogen and oxygen atoms in total. The van der Waals surface area contributed by atoms with Crippen LogP contribution in [0.15, 0.2) is 23.3 Å². The SMILES string of the molecule is CCN1CCCc2cc(C=NN)ccc21. The van der Waals surface area contributed by atoms with E-state index in [4.69, 9.17) is 5.84 Å². The monoisotopic (exact) mass is 203 g/mol. The minimum atomic E-state index is 1.08. The van der Waals surface area contributed by atoms with E-state index in [1.54, 1.807) is 6.21 Å². The highest BCUT2D eigenvalue weighted by molar-refractivity contribution is 5.81. The Kier molecular flexibility index (Phi) is 2.90. The van der Waals surface area contributed by atoms with Crippen molar-refractivity contribution in [3.63, 3.8) is 0 Å². The summed E-state index contributed by atoms with van der Waals surface area (Å²) in [7, 11) is 0. The second kappa shape index (κ2) is 4.34. The average molecular weight is 203 g/mol. The first-order valence-corrected chi connectivity index (χ1v) is 5.46. The van der Waals surface area contributed by atoms with Gasteiger partial charge >= 0.3 is 0 Å². The molecule has 0 atom stereocenters. The van der Waals surface area contributed by atoms with Crippen LogP contribution < -0.4 is 10.7 Å². The minimum absolute atomic E-state index is 1.08. The molecule has 1 aromatic carbocycles. The lowest BCUT2D eigenvalue weighted by Crippen LogP contribution is -2.28. The Hall–Kier alpha value is -1.51. The lowest BCUT2D eigenvalue weighted by molar-refractivity contribution is 0.708. The zero-order valence-electron chi connectivity index (χ0n) is 9.11. The predicted octanol–water partition coefficient (Wildman–Crippen LogP) is 1.75. The third kappa shape index (κ3) is 1.96. The van der Waals surface area contributed by atoms with Crippen molar-refractivity contribution in [1.29, 1.82) is 0 Å². The van der Waals surface area contributed by atoms with Crippen LogP contribution in [0, 0.1) is 0 Å². The molecule has 80 valence electrons. The number of rotatable bonds is 2. The Bertz CT molecular complexity index is 371. The molecule has 2 N–H and O–H groups in total. The van der Waals surface area contributed by atoms with Crippen LogP contribution >= 0.6 is 0 Å². The van der Waals surface area contributed by atoms with Crippen LogP contribution in [0.2, 0.25) is 0 Å². The van der Waals surface area contributed by atoms with Crippen molar-refractivity contribution in [3.05, 3.63) is 29.3 Å². The highest BCUT2D eigenvalue weighted by Crippen LogP contribution is 2.27. The molecule has 0 spiro atoms. The van der Waals surface area contributed by atoms with Gasteiger partial charge in [0.05, 0.1) is 6.21 Å². The summed E-state index contributed by atoms with van der Waals surface area (Å²) in [6.45, 7) is 4.45. The molecule has 1 aliphatic rings. The zero-order chi connectivity index (χ0) is 10.7. The van der Waals surface area contributed by atoms with Gasteiger partial charge in [-0.05, 0) is 43.0 Å². The zero-order valence-corrected chi connectivity index (χ0v) is 9.11. The summed E-state index contributed by atoms with van der Waals surface area (Å²) >= 11 is 0. The third-order valence-electron chi connectivity index (χ3n) is 2.92. The van der Waals surface area contributed by atoms with Crippen molar-refractivity contribution in [2.75, 3.05) is 18.0 Å². The second-order valence-electron chi connectivity index (χ2n) is 3.85. The molecule has 1 aromatic rings. The van der Waals surface area contributed by atoms with E-state index >= 15 is 0 Å². The average Bonchev–Trinajstić information content (AvgIpc) is 2.28. The van der Waals surface area contributed by atoms with Gasteiger partial charge < -0.3 is 10.7 Å². The molecule has 15 heavy (non-hydrogen) atoms. The molecule has 0 aliphatic carbocycles. The number of nitrogens with zero attached hydrogens (tertiary/aromatic N) is 2. The Balaban J connectivity index is 2.35. The summed E-state index contributed by atoms with van der Waals surface area (Å²) < 4.78 is 0. The summed E-state index contributed by atoms with van der Waals surface area (Å²) in [4.78, 5) is 2.42. The fraction of sp³-hybridized carbons (Fsp3) is 0.417. The first-order chi connectivity index (χ1) is 7.35. The number of anilines is 1. The van der Waals surface area contributed by atoms with Gasteiger partial charge in [-0.15, -0.1) is 0 Å². The molecule has 0 saturated carbocycles. The van der Waals surface area contributed by atoms with Crippen molar-refractivity contribution in [1.82, 2.24) is 0 Å². The van der Waals surface area contributed by atoms with Crippen molar-refractivity contribution in [2.45, 2.75) is 19.8 Å². The van der Waals surface area contributed by atoms with E-state index in [2.05, 4.69) is 35.1 Å². The number of hydrogen-bond donors (Lipinski definition) is 1. The predicted molar refractivity (Wildman–Crippen MR) is 64.4 cm³/mol. The molecule has 0 unspecified atom stereocenters. The molecule has 0 bridgehead atoms. The van der Waals surface area contributed by atoms with Gasteiger partial charge in [-0.1, -0.05) is 6.07 Å². The number of hydrogen-bond acceptors (Lipinski definition) is 3. The highest BCUT2D eigenvalue weighted by atomic mass is 15.1. The summed E-state index contributed by atoms with van der Waals surface area (Å²) in [5.74, 6) is 5.15. The van der Waals surface area contributed by atoms with E-state index in [-0.39, 0.29) is 0 Å². The fourth-order valence-corrected chi connectivity index (χ4v) is 2.19. The maximum Gasteiger partial charge on any atom is 0.0538 e. The van der Waals surface area contributed by atoms with Gasteiger partial charge in [0, 0.05) is 18.8 Å². The number of benzene rings is 1. The minimum Gasteiger partial charge on any atom is -0.372 e. The molecule has 0 saturated heterocycles. The Morgan fingerprint density at radius 2 is 2.40 bits per heavy atom. The largest absolute Gasteiger partial charge is 0.372 e. The first-order valence-electron chi connectivity index (χ1n) is 5.46. The van der Waals surface area contributed by atoms with Crippen molar-refractivity contribution in [3.8, 4) is 0 Å². The normalized spacial score (nSPS) is 15.7. The van der Waals surface area contributed by atoms with Crippen LogP contribution in [-0.4, -0.2) is 19.3 Å². The Morgan fingerprint density at radius 1 is 1.53 bits per heavy atom. The lowest BCUT2D eigenvalue weighted by Gasteiger charge is -2.30. The van der Waals surface area contributed by atoms with Gasteiger partial charge in [0.2, 0.25) is 0 Å². The molecule has 3 heteroatoms. The van der Waals surface area contributed by atoms with E-state index in [9.17, 15) is 0 Å². The van der Waals surface area contributed by atoms with Crippen LogP contribution in [-0.2, 0) is 6.42 Å². The third-order valence-corrected chi connectivity index (χ3v) is 2.92. The maximum atomic E-state index is 5.15. The van der Waals surface area contributed by atoms with Gasteiger partial charge in [-0.25, -0.2) is 0 Å². The van der Waals surface area contributed by atoms with Gasteiger partial charge in [-0.2, -0.15) is 5.10 Å². The van der Waals surface area contributed by atoms with Gasteiger partial charge in [-0.3, -0.25) is 0 Å². The van der Waals surface area contributed by atoms with Crippen molar-refractivity contribution >= 4 is 11.9 Å². The quantitative estimate of drug-likeness (QED) is 0.452. The van der Waals surface area contributed by atoms with E-state index in [0.29, 0.717) is 0 Å². The van der Waals surface area contributed by atoms with Gasteiger partial charge in [0.1, 0.15) is 0 Å². The van der Waals surface area contributed by atoms with Crippen LogP contribution in [0.4, 0.5) is 5.69 Å². The molecular formula is C12H17N3. The molecule has 2 rings (SSSR count). The van der Waals surface area contributed by atoms with Gasteiger partial charge in [0.25, 0.3) is 0 Å². The molecule has 0 fully saturated rings. The van der Waals surface area contributed by atoms with Crippen LogP contribution in [0.5, 0.6) is 0 Å². The Morgan fingerprint density at radius 3 is 3.13 bits per heavy atom. The summed E-state index contributed by atoms with van der Waals surface area (Å²) in [5.41, 5.74) is 3.88.